The van der Waals surface area contributed by atoms with Crippen LogP contribution >= 0.6 is 23.5 Å². The van der Waals surface area contributed by atoms with Crippen LogP contribution in [0.25, 0.3) is 0 Å². The minimum atomic E-state index is 0.965. The molecule has 0 saturated heterocycles. The van der Waals surface area contributed by atoms with Crippen molar-refractivity contribution in [1.29, 1.82) is 0 Å². The van der Waals surface area contributed by atoms with Gasteiger partial charge in [0.25, 0.3) is 0 Å². The van der Waals surface area contributed by atoms with E-state index in [4.69, 9.17) is 0 Å². The van der Waals surface area contributed by atoms with Crippen molar-refractivity contribution in [2.45, 2.75) is 17.8 Å². The Balaban J connectivity index is 2.91. The molecule has 14 heavy (non-hydrogen) atoms. The Kier molecular flexibility index (Phi) is 5.41. The molecule has 0 N–H and O–H groups in total. The third-order valence-corrected chi connectivity index (χ3v) is 3.03. The molecule has 0 saturated carbocycles. The fourth-order valence-corrected chi connectivity index (χ4v) is 2.19. The van der Waals surface area contributed by atoms with E-state index in [1.165, 1.54) is 0 Å². The number of hydrogen-bond acceptors (Lipinski definition) is 4. The molecule has 0 spiro atoms. The van der Waals surface area contributed by atoms with E-state index >= 15 is 0 Å². The van der Waals surface area contributed by atoms with Crippen LogP contribution < -0.4 is 0 Å². The minimum Gasteiger partial charge on any atom is -0.257 e. The molecule has 0 fully saturated rings. The van der Waals surface area contributed by atoms with Gasteiger partial charge in [0.2, 0.25) is 0 Å². The van der Waals surface area contributed by atoms with Gasteiger partial charge in [0.15, 0.2) is 0 Å². The molecule has 0 atom stereocenters. The first-order chi connectivity index (χ1) is 6.81. The van der Waals surface area contributed by atoms with Crippen LogP contribution in [0.15, 0.2) is 6.20 Å². The molecule has 1 rings (SSSR count). The molecule has 1 heterocycles. The van der Waals surface area contributed by atoms with Crippen LogP contribution in [-0.4, -0.2) is 30.3 Å². The van der Waals surface area contributed by atoms with Crippen LogP contribution in [0, 0.1) is 0 Å². The Morgan fingerprint density at radius 1 is 1.21 bits per heavy atom. The predicted molar refractivity (Wildman–Crippen MR) is 68.7 cm³/mol. The molecule has 0 unspecified atom stereocenters. The average Bonchev–Trinajstić information content (AvgIpc) is 2.21. The zero-order chi connectivity index (χ0) is 10.4. The van der Waals surface area contributed by atoms with Gasteiger partial charge in [0.05, 0.1) is 17.1 Å². The highest BCUT2D eigenvalue weighted by Crippen LogP contribution is 2.15. The molecular formula is C9H15BN2S2. The van der Waals surface area contributed by atoms with Crippen molar-refractivity contribution >= 4 is 31.4 Å². The highest BCUT2D eigenvalue weighted by atomic mass is 32.2. The summed E-state index contributed by atoms with van der Waals surface area (Å²) in [4.78, 5) is 9.06. The average molecular weight is 226 g/mol. The van der Waals surface area contributed by atoms with Crippen LogP contribution in [0.4, 0.5) is 0 Å². The molecule has 0 amide bonds. The molecule has 2 nitrogen and oxygen atoms in total. The monoisotopic (exact) mass is 226 g/mol. The molecule has 0 bridgehead atoms. The first-order valence-corrected chi connectivity index (χ1v) is 7.42. The second kappa shape index (κ2) is 6.35. The van der Waals surface area contributed by atoms with Crippen LogP contribution in [0.3, 0.4) is 0 Å². The number of thioether (sulfide) groups is 2. The number of aromatic nitrogens is 2. The van der Waals surface area contributed by atoms with Gasteiger partial charge in [0, 0.05) is 17.7 Å². The third-order valence-electron chi connectivity index (χ3n) is 1.91. The van der Waals surface area contributed by atoms with Crippen molar-refractivity contribution < 1.29 is 0 Å². The quantitative estimate of drug-likeness (QED) is 0.707. The van der Waals surface area contributed by atoms with E-state index in [-0.39, 0.29) is 0 Å². The Morgan fingerprint density at radius 3 is 2.43 bits per heavy atom. The van der Waals surface area contributed by atoms with E-state index in [2.05, 4.69) is 30.3 Å². The second-order valence-electron chi connectivity index (χ2n) is 2.97. The van der Waals surface area contributed by atoms with E-state index in [9.17, 15) is 0 Å². The lowest BCUT2D eigenvalue weighted by molar-refractivity contribution is 0.974. The highest BCUT2D eigenvalue weighted by molar-refractivity contribution is 7.98. The summed E-state index contributed by atoms with van der Waals surface area (Å²) in [5.41, 5.74) is 3.40. The normalized spacial score (nSPS) is 10.4. The van der Waals surface area contributed by atoms with Crippen molar-refractivity contribution in [3.05, 3.63) is 23.3 Å². The lowest BCUT2D eigenvalue weighted by atomic mass is 10.0. The first kappa shape index (κ1) is 11.9. The molecule has 0 aliphatic carbocycles. The Labute approximate surface area is 95.1 Å². The summed E-state index contributed by atoms with van der Waals surface area (Å²) in [7, 11) is 2.11. The van der Waals surface area contributed by atoms with Crippen molar-refractivity contribution in [2.75, 3.05) is 12.5 Å². The van der Waals surface area contributed by atoms with Crippen LogP contribution in [0.1, 0.15) is 17.1 Å². The number of nitrogens with zero attached hydrogens (tertiary/aromatic N) is 2. The SMILES string of the molecule is BCc1cnc(CSC)c(CSC)n1. The standard InChI is InChI=1S/C9H15BN2S2/c1-13-5-8-9(6-14-2)12-7(3-10)4-11-8/h4H,3,5-6,10H2,1-2H3. The Bertz CT molecular complexity index is 294. The van der Waals surface area contributed by atoms with Crippen LogP contribution in [-0.2, 0) is 17.8 Å². The molecule has 0 aliphatic rings. The van der Waals surface area contributed by atoms with Crippen molar-refractivity contribution in [2.24, 2.45) is 0 Å². The zero-order valence-corrected chi connectivity index (χ0v) is 10.5. The molecule has 0 radical (unpaired) electrons. The minimum absolute atomic E-state index is 0.965. The van der Waals surface area contributed by atoms with E-state index < -0.39 is 0 Å². The van der Waals surface area contributed by atoms with Gasteiger partial charge < -0.3 is 0 Å². The Morgan fingerprint density at radius 2 is 1.86 bits per heavy atom. The van der Waals surface area contributed by atoms with Gasteiger partial charge >= 0.3 is 0 Å². The largest absolute Gasteiger partial charge is 0.257 e. The van der Waals surface area contributed by atoms with Gasteiger partial charge in [-0.2, -0.15) is 23.5 Å². The maximum atomic E-state index is 4.60. The smallest absolute Gasteiger partial charge is 0.109 e. The summed E-state index contributed by atoms with van der Waals surface area (Å²) in [6.45, 7) is 0. The van der Waals surface area contributed by atoms with Crippen molar-refractivity contribution in [1.82, 2.24) is 9.97 Å². The molecule has 1 aromatic heterocycles. The summed E-state index contributed by atoms with van der Waals surface area (Å²) in [5.74, 6) is 1.93. The van der Waals surface area contributed by atoms with Gasteiger partial charge in [0.1, 0.15) is 7.85 Å². The predicted octanol–water partition coefficient (Wildman–Crippen LogP) is 1.34. The molecule has 5 heteroatoms. The van der Waals surface area contributed by atoms with Gasteiger partial charge in [-0.1, -0.05) is 0 Å². The lowest BCUT2D eigenvalue weighted by Gasteiger charge is -2.06. The number of rotatable bonds is 5. The molecule has 1 aromatic rings. The second-order valence-corrected chi connectivity index (χ2v) is 4.71. The fourth-order valence-electron chi connectivity index (χ4n) is 1.17. The Hall–Kier alpha value is -0.155. The number of hydrogen-bond donors (Lipinski definition) is 0. The van der Waals surface area contributed by atoms with E-state index in [1.54, 1.807) is 23.5 Å². The van der Waals surface area contributed by atoms with Crippen molar-refractivity contribution in [3.8, 4) is 0 Å². The highest BCUT2D eigenvalue weighted by Gasteiger charge is 2.05. The van der Waals surface area contributed by atoms with Crippen molar-refractivity contribution in [3.63, 3.8) is 0 Å². The maximum Gasteiger partial charge on any atom is 0.109 e. The zero-order valence-electron chi connectivity index (χ0n) is 8.91. The lowest BCUT2D eigenvalue weighted by Crippen LogP contribution is -2.02. The molecule has 0 aromatic carbocycles. The summed E-state index contributed by atoms with van der Waals surface area (Å²) in [5, 5.41) is 0. The summed E-state index contributed by atoms with van der Waals surface area (Å²) < 4.78 is 0. The van der Waals surface area contributed by atoms with Crippen LogP contribution in [0.5, 0.6) is 0 Å². The molecular weight excluding hydrogens is 211 g/mol. The van der Waals surface area contributed by atoms with Crippen LogP contribution in [0.2, 0.25) is 0 Å². The van der Waals surface area contributed by atoms with Gasteiger partial charge in [-0.3, -0.25) is 9.97 Å². The molecule has 76 valence electrons. The van der Waals surface area contributed by atoms with E-state index in [0.29, 0.717) is 0 Å². The fraction of sp³-hybridized carbons (Fsp3) is 0.556. The topological polar surface area (TPSA) is 25.8 Å². The van der Waals surface area contributed by atoms with E-state index in [1.807, 2.05) is 6.20 Å². The maximum absolute atomic E-state index is 4.60. The van der Waals surface area contributed by atoms with Gasteiger partial charge in [-0.05, 0) is 18.8 Å². The summed E-state index contributed by atoms with van der Waals surface area (Å²) in [6, 6.07) is 0. The molecule has 0 aliphatic heterocycles. The first-order valence-electron chi connectivity index (χ1n) is 4.63. The summed E-state index contributed by atoms with van der Waals surface area (Å²) >= 11 is 3.60. The van der Waals surface area contributed by atoms with E-state index in [0.717, 1.165) is 34.9 Å². The third kappa shape index (κ3) is 3.21. The van der Waals surface area contributed by atoms with Gasteiger partial charge in [-0.15, -0.1) is 0 Å². The summed E-state index contributed by atoms with van der Waals surface area (Å²) in [6.07, 6.45) is 7.06. The van der Waals surface area contributed by atoms with Gasteiger partial charge in [-0.25, -0.2) is 0 Å².